The summed E-state index contributed by atoms with van der Waals surface area (Å²) in [4.78, 5) is 2.42. The van der Waals surface area contributed by atoms with Crippen molar-refractivity contribution >= 4 is 49.8 Å². The van der Waals surface area contributed by atoms with Crippen LogP contribution in [0.5, 0.6) is 0 Å². The van der Waals surface area contributed by atoms with Gasteiger partial charge in [-0.1, -0.05) is 116 Å². The van der Waals surface area contributed by atoms with E-state index >= 15 is 0 Å². The van der Waals surface area contributed by atoms with E-state index in [0.717, 1.165) is 22.5 Å². The van der Waals surface area contributed by atoms with Crippen molar-refractivity contribution in [1.82, 2.24) is 0 Å². The van der Waals surface area contributed by atoms with Gasteiger partial charge in [0.05, 0.1) is 11.4 Å². The van der Waals surface area contributed by atoms with E-state index in [1.165, 1.54) is 60.6 Å². The molecule has 1 nitrogen and oxygen atoms in total. The SMILES string of the molecule is C=CC1=C(C=C)c2ccc(N(c3ccccc3)c3ccc4c5c(cccc35)-c3ccccc3-4)c3cccc1c23. The average Bonchev–Trinajstić information content (AvgIpc) is 3.50. The van der Waals surface area contributed by atoms with E-state index in [2.05, 4.69) is 133 Å². The van der Waals surface area contributed by atoms with Crippen molar-refractivity contribution in [2.24, 2.45) is 0 Å². The summed E-state index contributed by atoms with van der Waals surface area (Å²) in [5.41, 5.74) is 13.4. The Kier molecular flexibility index (Phi) is 4.59. The van der Waals surface area contributed by atoms with Crippen molar-refractivity contribution in [1.29, 1.82) is 0 Å². The lowest BCUT2D eigenvalue weighted by atomic mass is 9.97. The Bertz CT molecular complexity index is 1990. The molecule has 0 heterocycles. The Labute approximate surface area is 228 Å². The fourth-order valence-corrected chi connectivity index (χ4v) is 6.74. The molecule has 1 heteroatoms. The van der Waals surface area contributed by atoms with Crippen molar-refractivity contribution < 1.29 is 0 Å². The van der Waals surface area contributed by atoms with E-state index < -0.39 is 0 Å². The zero-order valence-corrected chi connectivity index (χ0v) is 21.5. The smallest absolute Gasteiger partial charge is 0.0540 e. The molecule has 0 saturated carbocycles. The molecule has 39 heavy (non-hydrogen) atoms. The van der Waals surface area contributed by atoms with Gasteiger partial charge in [0.15, 0.2) is 0 Å². The summed E-state index contributed by atoms with van der Waals surface area (Å²) in [6.45, 7) is 8.24. The van der Waals surface area contributed by atoms with Crippen LogP contribution in [0.2, 0.25) is 0 Å². The zero-order chi connectivity index (χ0) is 26.1. The molecule has 0 fully saturated rings. The normalized spacial score (nSPS) is 12.7. The molecule has 0 spiro atoms. The lowest BCUT2D eigenvalue weighted by Crippen LogP contribution is -2.11. The highest BCUT2D eigenvalue weighted by molar-refractivity contribution is 6.22. The van der Waals surface area contributed by atoms with Gasteiger partial charge in [-0.05, 0) is 79.6 Å². The summed E-state index contributed by atoms with van der Waals surface area (Å²) >= 11 is 0. The number of rotatable bonds is 5. The van der Waals surface area contributed by atoms with Crippen molar-refractivity contribution in [3.05, 3.63) is 152 Å². The molecule has 182 valence electrons. The number of para-hydroxylation sites is 1. The van der Waals surface area contributed by atoms with Gasteiger partial charge in [0, 0.05) is 16.5 Å². The van der Waals surface area contributed by atoms with E-state index in [-0.39, 0.29) is 0 Å². The van der Waals surface area contributed by atoms with Gasteiger partial charge >= 0.3 is 0 Å². The molecule has 0 amide bonds. The summed E-state index contributed by atoms with van der Waals surface area (Å²) in [6, 6.07) is 41.9. The number of benzene rings is 6. The van der Waals surface area contributed by atoms with E-state index in [0.29, 0.717) is 0 Å². The second-order valence-corrected chi connectivity index (χ2v) is 10.2. The van der Waals surface area contributed by atoms with Crippen LogP contribution < -0.4 is 4.90 Å². The first kappa shape index (κ1) is 21.9. The van der Waals surface area contributed by atoms with Crippen LogP contribution in [0.4, 0.5) is 17.1 Å². The highest BCUT2D eigenvalue weighted by Crippen LogP contribution is 2.53. The number of hydrogen-bond acceptors (Lipinski definition) is 1. The molecule has 8 rings (SSSR count). The van der Waals surface area contributed by atoms with Gasteiger partial charge in [0.1, 0.15) is 0 Å². The van der Waals surface area contributed by atoms with Gasteiger partial charge in [0.25, 0.3) is 0 Å². The van der Waals surface area contributed by atoms with E-state index in [4.69, 9.17) is 0 Å². The van der Waals surface area contributed by atoms with Gasteiger partial charge in [0.2, 0.25) is 0 Å². The molecule has 6 aromatic rings. The fourth-order valence-electron chi connectivity index (χ4n) is 6.74. The lowest BCUT2D eigenvalue weighted by Gasteiger charge is -2.29. The van der Waals surface area contributed by atoms with Crippen LogP contribution in [-0.2, 0) is 0 Å². The molecule has 0 saturated heterocycles. The summed E-state index contributed by atoms with van der Waals surface area (Å²) in [5.74, 6) is 0. The predicted molar refractivity (Wildman–Crippen MR) is 168 cm³/mol. The fraction of sp³-hybridized carbons (Fsp3) is 0. The number of anilines is 3. The molecular weight excluding hydrogens is 470 g/mol. The molecule has 0 bridgehead atoms. The number of fused-ring (bicyclic) bond motifs is 3. The minimum atomic E-state index is 1.13. The minimum Gasteiger partial charge on any atom is -0.309 e. The molecule has 0 radical (unpaired) electrons. The largest absolute Gasteiger partial charge is 0.309 e. The topological polar surface area (TPSA) is 3.24 Å². The number of nitrogens with zero attached hydrogens (tertiary/aromatic N) is 1. The third-order valence-electron chi connectivity index (χ3n) is 8.32. The van der Waals surface area contributed by atoms with E-state index in [9.17, 15) is 0 Å². The predicted octanol–water partition coefficient (Wildman–Crippen LogP) is 10.7. The maximum atomic E-state index is 4.12. The highest BCUT2D eigenvalue weighted by atomic mass is 15.1. The van der Waals surface area contributed by atoms with E-state index in [1.807, 2.05) is 12.2 Å². The van der Waals surface area contributed by atoms with Crippen LogP contribution in [-0.4, -0.2) is 0 Å². The quantitative estimate of drug-likeness (QED) is 0.229. The van der Waals surface area contributed by atoms with Gasteiger partial charge in [-0.15, -0.1) is 0 Å². The Hall–Kier alpha value is -5.14. The first-order valence-electron chi connectivity index (χ1n) is 13.4. The molecule has 0 aromatic heterocycles. The minimum absolute atomic E-state index is 1.13. The molecule has 0 aliphatic heterocycles. The Morgan fingerprint density at radius 3 is 1.49 bits per heavy atom. The van der Waals surface area contributed by atoms with Gasteiger partial charge < -0.3 is 4.90 Å². The molecule has 0 N–H and O–H groups in total. The molecule has 0 atom stereocenters. The molecule has 6 aromatic carbocycles. The Balaban J connectivity index is 1.45. The highest BCUT2D eigenvalue weighted by Gasteiger charge is 2.27. The second kappa shape index (κ2) is 8.18. The first-order valence-corrected chi connectivity index (χ1v) is 13.4. The number of hydrogen-bond donors (Lipinski definition) is 0. The maximum absolute atomic E-state index is 4.12. The van der Waals surface area contributed by atoms with Crippen molar-refractivity contribution in [2.75, 3.05) is 4.90 Å². The summed E-state index contributed by atoms with van der Waals surface area (Å²) in [5, 5.41) is 5.06. The first-order chi connectivity index (χ1) is 19.3. The van der Waals surface area contributed by atoms with Gasteiger partial charge in [-0.2, -0.15) is 0 Å². The van der Waals surface area contributed by atoms with Gasteiger partial charge in [-0.3, -0.25) is 0 Å². The monoisotopic (exact) mass is 495 g/mol. The molecule has 0 unspecified atom stereocenters. The van der Waals surface area contributed by atoms with Crippen LogP contribution in [0.25, 0.3) is 54.9 Å². The van der Waals surface area contributed by atoms with E-state index in [1.54, 1.807) is 0 Å². The maximum Gasteiger partial charge on any atom is 0.0540 e. The standard InChI is InChI=1S/C38H25N/c1-3-25-26(4-2)31-20-22-35(33-18-10-16-29(25)37(31)33)39(24-12-6-5-7-13-24)36-23-21-32-28-15-9-8-14-27(28)30-17-11-19-34(36)38(30)32/h3-23H,1-2H2. The molecule has 2 aliphatic rings. The summed E-state index contributed by atoms with van der Waals surface area (Å²) in [6.07, 6.45) is 3.92. The van der Waals surface area contributed by atoms with Crippen LogP contribution in [0.1, 0.15) is 11.1 Å². The van der Waals surface area contributed by atoms with Crippen LogP contribution >= 0.6 is 0 Å². The van der Waals surface area contributed by atoms with Crippen molar-refractivity contribution in [3.63, 3.8) is 0 Å². The molecule has 2 aliphatic carbocycles. The Morgan fingerprint density at radius 1 is 0.410 bits per heavy atom. The molecular formula is C38H25N. The second-order valence-electron chi connectivity index (χ2n) is 10.2. The van der Waals surface area contributed by atoms with Crippen molar-refractivity contribution in [3.8, 4) is 22.3 Å². The lowest BCUT2D eigenvalue weighted by molar-refractivity contribution is 1.31. The van der Waals surface area contributed by atoms with Crippen LogP contribution in [0, 0.1) is 0 Å². The van der Waals surface area contributed by atoms with Crippen LogP contribution in [0.3, 0.4) is 0 Å². The summed E-state index contributed by atoms with van der Waals surface area (Å²) < 4.78 is 0. The third kappa shape index (κ3) is 2.90. The average molecular weight is 496 g/mol. The Morgan fingerprint density at radius 2 is 0.872 bits per heavy atom. The zero-order valence-electron chi connectivity index (χ0n) is 21.5. The van der Waals surface area contributed by atoms with Crippen molar-refractivity contribution in [2.45, 2.75) is 0 Å². The van der Waals surface area contributed by atoms with Gasteiger partial charge in [-0.25, -0.2) is 0 Å². The van der Waals surface area contributed by atoms with Crippen LogP contribution in [0.15, 0.2) is 141 Å². The third-order valence-corrected chi connectivity index (χ3v) is 8.32. The summed E-state index contributed by atoms with van der Waals surface area (Å²) in [7, 11) is 0. The number of allylic oxidation sites excluding steroid dienone is 4.